The number of carbonyl (C=O) groups is 2. The lowest BCUT2D eigenvalue weighted by atomic mass is 10.0. The maximum Gasteiger partial charge on any atom is 0.343 e. The summed E-state index contributed by atoms with van der Waals surface area (Å²) in [6.45, 7) is 5.98. The number of aryl methyl sites for hydroxylation is 1. The molecule has 0 aliphatic heterocycles. The summed E-state index contributed by atoms with van der Waals surface area (Å²) in [6.07, 6.45) is 1.46. The van der Waals surface area contributed by atoms with Crippen LogP contribution in [0.25, 0.3) is 0 Å². The SMILES string of the molecule is Cc1ccc(C(C)C)cc1OCC(=O)N/N=C\c1cccc(OC(=O)c2ccc(Cl)cc2)c1. The number of rotatable bonds is 8. The summed E-state index contributed by atoms with van der Waals surface area (Å²) in [5, 5.41) is 4.49. The first-order valence-corrected chi connectivity index (χ1v) is 10.8. The highest BCUT2D eigenvalue weighted by atomic mass is 35.5. The van der Waals surface area contributed by atoms with Crippen LogP contribution < -0.4 is 14.9 Å². The van der Waals surface area contributed by atoms with Crippen molar-refractivity contribution >= 4 is 29.7 Å². The zero-order chi connectivity index (χ0) is 23.8. The van der Waals surface area contributed by atoms with Crippen LogP contribution in [0.15, 0.2) is 71.8 Å². The number of hydrogen-bond donors (Lipinski definition) is 1. The third-order valence-corrected chi connectivity index (χ3v) is 5.04. The molecule has 0 bridgehead atoms. The minimum Gasteiger partial charge on any atom is -0.483 e. The van der Waals surface area contributed by atoms with Crippen LogP contribution in [0.5, 0.6) is 11.5 Å². The summed E-state index contributed by atoms with van der Waals surface area (Å²) in [7, 11) is 0. The van der Waals surface area contributed by atoms with E-state index in [0.29, 0.717) is 33.6 Å². The molecular formula is C26H25ClN2O4. The van der Waals surface area contributed by atoms with Crippen molar-refractivity contribution in [3.63, 3.8) is 0 Å². The second-order valence-corrected chi connectivity index (χ2v) is 8.17. The molecule has 0 heterocycles. The van der Waals surface area contributed by atoms with Crippen molar-refractivity contribution in [2.24, 2.45) is 5.10 Å². The molecule has 1 N–H and O–H groups in total. The van der Waals surface area contributed by atoms with Gasteiger partial charge in [-0.15, -0.1) is 0 Å². The van der Waals surface area contributed by atoms with E-state index in [1.54, 1.807) is 48.5 Å². The van der Waals surface area contributed by atoms with Crippen LogP contribution in [0.1, 0.15) is 46.8 Å². The van der Waals surface area contributed by atoms with E-state index in [1.807, 2.05) is 19.1 Å². The van der Waals surface area contributed by atoms with Gasteiger partial charge in [-0.1, -0.05) is 49.7 Å². The number of ether oxygens (including phenoxy) is 2. The number of hydrogen-bond acceptors (Lipinski definition) is 5. The van der Waals surface area contributed by atoms with Gasteiger partial charge in [-0.2, -0.15) is 5.10 Å². The van der Waals surface area contributed by atoms with Gasteiger partial charge in [0.2, 0.25) is 0 Å². The molecule has 7 heteroatoms. The van der Waals surface area contributed by atoms with E-state index in [2.05, 4.69) is 30.4 Å². The van der Waals surface area contributed by atoms with Crippen molar-refractivity contribution in [2.45, 2.75) is 26.7 Å². The second kappa shape index (κ2) is 11.3. The van der Waals surface area contributed by atoms with Gasteiger partial charge in [-0.05, 0) is 72.0 Å². The van der Waals surface area contributed by atoms with Gasteiger partial charge in [-0.3, -0.25) is 4.79 Å². The topological polar surface area (TPSA) is 77.0 Å². The molecule has 0 aliphatic rings. The summed E-state index contributed by atoms with van der Waals surface area (Å²) >= 11 is 5.84. The summed E-state index contributed by atoms with van der Waals surface area (Å²) < 4.78 is 11.0. The third-order valence-electron chi connectivity index (χ3n) is 4.79. The number of carbonyl (C=O) groups excluding carboxylic acids is 2. The Balaban J connectivity index is 1.53. The highest BCUT2D eigenvalue weighted by Gasteiger charge is 2.09. The molecule has 3 aromatic rings. The largest absolute Gasteiger partial charge is 0.483 e. The minimum absolute atomic E-state index is 0.154. The number of amides is 1. The Labute approximate surface area is 198 Å². The fraction of sp³-hybridized carbons (Fsp3) is 0.192. The Morgan fingerprint density at radius 2 is 1.82 bits per heavy atom. The lowest BCUT2D eigenvalue weighted by molar-refractivity contribution is -0.123. The summed E-state index contributed by atoms with van der Waals surface area (Å²) in [4.78, 5) is 24.3. The third kappa shape index (κ3) is 7.19. The fourth-order valence-corrected chi connectivity index (χ4v) is 3.02. The smallest absolute Gasteiger partial charge is 0.343 e. The molecule has 0 saturated heterocycles. The van der Waals surface area contributed by atoms with Crippen molar-refractivity contribution in [1.82, 2.24) is 5.43 Å². The van der Waals surface area contributed by atoms with Crippen molar-refractivity contribution in [3.8, 4) is 11.5 Å². The average molecular weight is 465 g/mol. The molecule has 0 saturated carbocycles. The fourth-order valence-electron chi connectivity index (χ4n) is 2.90. The highest BCUT2D eigenvalue weighted by molar-refractivity contribution is 6.30. The van der Waals surface area contributed by atoms with E-state index in [0.717, 1.165) is 11.1 Å². The number of nitrogens with one attached hydrogen (secondary N) is 1. The lowest BCUT2D eigenvalue weighted by Crippen LogP contribution is -2.24. The van der Waals surface area contributed by atoms with Crippen LogP contribution in [0.4, 0.5) is 0 Å². The second-order valence-electron chi connectivity index (χ2n) is 7.73. The molecule has 0 atom stereocenters. The lowest BCUT2D eigenvalue weighted by Gasteiger charge is -2.12. The predicted octanol–water partition coefficient (Wildman–Crippen LogP) is 5.52. The van der Waals surface area contributed by atoms with E-state index < -0.39 is 5.97 Å². The van der Waals surface area contributed by atoms with Crippen LogP contribution >= 0.6 is 11.6 Å². The molecule has 0 spiro atoms. The molecule has 0 aliphatic carbocycles. The van der Waals surface area contributed by atoms with Gasteiger partial charge >= 0.3 is 5.97 Å². The summed E-state index contributed by atoms with van der Waals surface area (Å²) in [6, 6.07) is 19.2. The first-order chi connectivity index (χ1) is 15.8. The molecule has 1 amide bonds. The van der Waals surface area contributed by atoms with E-state index in [4.69, 9.17) is 21.1 Å². The first-order valence-electron chi connectivity index (χ1n) is 10.4. The highest BCUT2D eigenvalue weighted by Crippen LogP contribution is 2.24. The summed E-state index contributed by atoms with van der Waals surface area (Å²) in [5.41, 5.74) is 5.58. The molecule has 0 aromatic heterocycles. The van der Waals surface area contributed by atoms with Crippen molar-refractivity contribution in [2.75, 3.05) is 6.61 Å². The Bertz CT molecular complexity index is 1160. The molecule has 0 unspecified atom stereocenters. The van der Waals surface area contributed by atoms with Crippen molar-refractivity contribution in [3.05, 3.63) is 94.0 Å². The Morgan fingerprint density at radius 3 is 2.55 bits per heavy atom. The maximum atomic E-state index is 12.2. The van der Waals surface area contributed by atoms with Crippen LogP contribution in [0.2, 0.25) is 5.02 Å². The molecular weight excluding hydrogens is 440 g/mol. The monoisotopic (exact) mass is 464 g/mol. The zero-order valence-corrected chi connectivity index (χ0v) is 19.4. The van der Waals surface area contributed by atoms with Crippen LogP contribution in [-0.4, -0.2) is 24.7 Å². The Hall–Kier alpha value is -3.64. The Morgan fingerprint density at radius 1 is 1.06 bits per heavy atom. The van der Waals surface area contributed by atoms with E-state index in [-0.39, 0.29) is 12.5 Å². The van der Waals surface area contributed by atoms with E-state index >= 15 is 0 Å². The molecule has 0 radical (unpaired) electrons. The van der Waals surface area contributed by atoms with Gasteiger partial charge in [0.1, 0.15) is 11.5 Å². The van der Waals surface area contributed by atoms with Gasteiger partial charge in [0.15, 0.2) is 6.61 Å². The van der Waals surface area contributed by atoms with E-state index in [1.165, 1.54) is 6.21 Å². The summed E-state index contributed by atoms with van der Waals surface area (Å²) in [5.74, 6) is 0.520. The molecule has 33 heavy (non-hydrogen) atoms. The number of esters is 1. The first kappa shape index (κ1) is 24.0. The van der Waals surface area contributed by atoms with Gasteiger partial charge in [-0.25, -0.2) is 10.2 Å². The molecule has 170 valence electrons. The standard InChI is InChI=1S/C26H25ClN2O4/c1-17(2)21-8-7-18(3)24(14-21)32-16-25(30)29-28-15-19-5-4-6-23(13-19)33-26(31)20-9-11-22(27)12-10-20/h4-15,17H,16H2,1-3H3,(H,29,30)/b28-15-. The number of nitrogens with zero attached hydrogens (tertiary/aromatic N) is 1. The van der Waals surface area contributed by atoms with Gasteiger partial charge < -0.3 is 9.47 Å². The number of benzene rings is 3. The Kier molecular flexibility index (Phi) is 8.22. The molecule has 3 rings (SSSR count). The number of hydrazone groups is 1. The normalized spacial score (nSPS) is 10.9. The minimum atomic E-state index is -0.497. The quantitative estimate of drug-likeness (QED) is 0.206. The van der Waals surface area contributed by atoms with E-state index in [9.17, 15) is 9.59 Å². The zero-order valence-electron chi connectivity index (χ0n) is 18.7. The van der Waals surface area contributed by atoms with Crippen molar-refractivity contribution in [1.29, 1.82) is 0 Å². The maximum absolute atomic E-state index is 12.2. The van der Waals surface area contributed by atoms with Crippen LogP contribution in [0.3, 0.4) is 0 Å². The van der Waals surface area contributed by atoms with Crippen LogP contribution in [-0.2, 0) is 4.79 Å². The molecule has 0 fully saturated rings. The van der Waals surface area contributed by atoms with Crippen LogP contribution in [0, 0.1) is 6.92 Å². The number of halogens is 1. The van der Waals surface area contributed by atoms with Crippen molar-refractivity contribution < 1.29 is 19.1 Å². The average Bonchev–Trinajstić information content (AvgIpc) is 2.79. The van der Waals surface area contributed by atoms with Gasteiger partial charge in [0.05, 0.1) is 11.8 Å². The molecule has 6 nitrogen and oxygen atoms in total. The predicted molar refractivity (Wildman–Crippen MR) is 129 cm³/mol. The van der Waals surface area contributed by atoms with Gasteiger partial charge in [0.25, 0.3) is 5.91 Å². The van der Waals surface area contributed by atoms with Gasteiger partial charge in [0, 0.05) is 5.02 Å². The molecule has 3 aromatic carbocycles.